The fraction of sp³-hybridized carbons (Fsp3) is 0.350. The maximum absolute atomic E-state index is 13.0. The van der Waals surface area contributed by atoms with Gasteiger partial charge in [-0.1, -0.05) is 24.3 Å². The highest BCUT2D eigenvalue weighted by molar-refractivity contribution is 7.05. The molecule has 1 spiro atoms. The molecule has 0 atom stereocenters. The minimum Gasteiger partial charge on any atom is -0.336 e. The van der Waals surface area contributed by atoms with E-state index in [1.165, 1.54) is 11.3 Å². The van der Waals surface area contributed by atoms with Crippen LogP contribution in [0.1, 0.15) is 21.8 Å². The van der Waals surface area contributed by atoms with Crippen LogP contribution < -0.4 is 0 Å². The van der Waals surface area contributed by atoms with Crippen molar-refractivity contribution in [1.82, 2.24) is 19.2 Å². The Morgan fingerprint density at radius 2 is 2.00 bits per heavy atom. The Morgan fingerprint density at radius 1 is 1.12 bits per heavy atom. The number of pyridine rings is 1. The molecule has 26 heavy (non-hydrogen) atoms. The summed E-state index contributed by atoms with van der Waals surface area (Å²) in [5, 5.41) is 2.01. The first-order valence-electron chi connectivity index (χ1n) is 8.97. The van der Waals surface area contributed by atoms with Crippen LogP contribution >= 0.6 is 11.5 Å². The molecule has 0 radical (unpaired) electrons. The van der Waals surface area contributed by atoms with Crippen LogP contribution in [0.3, 0.4) is 0 Å². The van der Waals surface area contributed by atoms with E-state index in [9.17, 15) is 4.79 Å². The summed E-state index contributed by atoms with van der Waals surface area (Å²) in [5.74, 6) is 0.0633. The van der Waals surface area contributed by atoms with Crippen molar-refractivity contribution in [3.05, 3.63) is 59.4 Å². The predicted molar refractivity (Wildman–Crippen MR) is 102 cm³/mol. The third-order valence-corrected chi connectivity index (χ3v) is 6.33. The first-order valence-corrected chi connectivity index (χ1v) is 9.75. The highest BCUT2D eigenvalue weighted by Gasteiger charge is 2.49. The van der Waals surface area contributed by atoms with E-state index >= 15 is 0 Å². The molecular weight excluding hydrogens is 344 g/mol. The summed E-state index contributed by atoms with van der Waals surface area (Å²) in [6.07, 6.45) is 4.77. The molecular formula is C20H20N4OS. The molecule has 0 N–H and O–H groups in total. The zero-order chi connectivity index (χ0) is 17.6. The van der Waals surface area contributed by atoms with E-state index < -0.39 is 0 Å². The van der Waals surface area contributed by atoms with E-state index in [1.54, 1.807) is 17.7 Å². The molecule has 2 aliphatic rings. The number of carbonyl (C=O) groups excluding carboxylic acids is 1. The largest absolute Gasteiger partial charge is 0.336 e. The Bertz CT molecular complexity index is 944. The predicted octanol–water partition coefficient (Wildman–Crippen LogP) is 3.04. The van der Waals surface area contributed by atoms with Crippen molar-refractivity contribution in [2.75, 3.05) is 26.2 Å². The molecule has 2 fully saturated rings. The van der Waals surface area contributed by atoms with Crippen molar-refractivity contribution in [3.63, 3.8) is 0 Å². The van der Waals surface area contributed by atoms with Gasteiger partial charge in [-0.25, -0.2) is 4.37 Å². The normalized spacial score (nSPS) is 19.2. The van der Waals surface area contributed by atoms with E-state index in [2.05, 4.69) is 20.3 Å². The van der Waals surface area contributed by atoms with Crippen molar-refractivity contribution in [1.29, 1.82) is 0 Å². The van der Waals surface area contributed by atoms with Gasteiger partial charge in [-0.2, -0.15) is 0 Å². The molecule has 2 saturated heterocycles. The number of fused-ring (bicyclic) bond motifs is 1. The van der Waals surface area contributed by atoms with E-state index in [1.807, 2.05) is 41.4 Å². The van der Waals surface area contributed by atoms with Crippen LogP contribution in [0, 0.1) is 5.41 Å². The van der Waals surface area contributed by atoms with Crippen LogP contribution in [-0.4, -0.2) is 51.2 Å². The fourth-order valence-electron chi connectivity index (χ4n) is 4.31. The van der Waals surface area contributed by atoms with Gasteiger partial charge in [-0.05, 0) is 42.0 Å². The molecule has 5 rings (SSSR count). The van der Waals surface area contributed by atoms with Crippen LogP contribution in [0.4, 0.5) is 0 Å². The van der Waals surface area contributed by atoms with E-state index in [-0.39, 0.29) is 11.3 Å². The van der Waals surface area contributed by atoms with Gasteiger partial charge < -0.3 is 4.90 Å². The number of amides is 1. The number of rotatable bonds is 3. The lowest BCUT2D eigenvalue weighted by Crippen LogP contribution is -2.59. The lowest BCUT2D eigenvalue weighted by molar-refractivity contribution is 0.0101. The Labute approximate surface area is 156 Å². The lowest BCUT2D eigenvalue weighted by Gasteiger charge is -2.48. The zero-order valence-corrected chi connectivity index (χ0v) is 15.3. The molecule has 0 bridgehead atoms. The van der Waals surface area contributed by atoms with Gasteiger partial charge in [0.15, 0.2) is 0 Å². The number of carbonyl (C=O) groups is 1. The maximum Gasteiger partial charge on any atom is 0.273 e. The Hall–Kier alpha value is -2.31. The molecule has 1 aromatic carbocycles. The highest BCUT2D eigenvalue weighted by Crippen LogP contribution is 2.41. The van der Waals surface area contributed by atoms with Crippen molar-refractivity contribution in [2.45, 2.75) is 13.0 Å². The number of hydrogen-bond acceptors (Lipinski definition) is 5. The average Bonchev–Trinajstić information content (AvgIpc) is 3.30. The van der Waals surface area contributed by atoms with Crippen LogP contribution in [0.15, 0.2) is 48.8 Å². The summed E-state index contributed by atoms with van der Waals surface area (Å²) in [6, 6.07) is 12.0. The second kappa shape index (κ2) is 6.14. The van der Waals surface area contributed by atoms with Crippen molar-refractivity contribution >= 4 is 28.2 Å². The van der Waals surface area contributed by atoms with Gasteiger partial charge in [0, 0.05) is 54.3 Å². The van der Waals surface area contributed by atoms with Crippen molar-refractivity contribution in [3.8, 4) is 0 Å². The van der Waals surface area contributed by atoms with Gasteiger partial charge in [0.1, 0.15) is 5.69 Å². The zero-order valence-electron chi connectivity index (χ0n) is 14.5. The lowest BCUT2D eigenvalue weighted by atomic mass is 9.79. The number of likely N-dealkylation sites (tertiary alicyclic amines) is 2. The number of benzene rings is 1. The molecule has 4 heterocycles. The van der Waals surface area contributed by atoms with E-state index in [0.29, 0.717) is 5.69 Å². The smallest absolute Gasteiger partial charge is 0.273 e. The van der Waals surface area contributed by atoms with Gasteiger partial charge in [0.05, 0.1) is 0 Å². The third-order valence-electron chi connectivity index (χ3n) is 5.60. The summed E-state index contributed by atoms with van der Waals surface area (Å²) >= 11 is 1.57. The third kappa shape index (κ3) is 2.70. The summed E-state index contributed by atoms with van der Waals surface area (Å²) in [4.78, 5) is 23.1. The molecule has 6 heteroatoms. The topological polar surface area (TPSA) is 49.3 Å². The number of hydrogen-bond donors (Lipinski definition) is 0. The molecule has 0 unspecified atom stereocenters. The SMILES string of the molecule is O=C(c1nccc2ccccc12)N1CC2(CCN(Cc3ccns3)C2)C1. The Morgan fingerprint density at radius 3 is 2.85 bits per heavy atom. The molecule has 132 valence electrons. The summed E-state index contributed by atoms with van der Waals surface area (Å²) in [5.41, 5.74) is 0.850. The monoisotopic (exact) mass is 364 g/mol. The second-order valence-electron chi connectivity index (χ2n) is 7.48. The molecule has 2 aliphatic heterocycles. The van der Waals surface area contributed by atoms with Crippen molar-refractivity contribution in [2.24, 2.45) is 5.41 Å². The fourth-order valence-corrected chi connectivity index (χ4v) is 4.93. The molecule has 2 aromatic heterocycles. The molecule has 0 aliphatic carbocycles. The Balaban J connectivity index is 1.27. The Kier molecular flexibility index (Phi) is 3.76. The first-order chi connectivity index (χ1) is 12.7. The molecule has 5 nitrogen and oxygen atoms in total. The van der Waals surface area contributed by atoms with Crippen LogP contribution in [0.2, 0.25) is 0 Å². The summed E-state index contributed by atoms with van der Waals surface area (Å²) in [7, 11) is 0. The number of nitrogens with zero attached hydrogens (tertiary/aromatic N) is 4. The average molecular weight is 364 g/mol. The van der Waals surface area contributed by atoms with Crippen LogP contribution in [0.25, 0.3) is 10.8 Å². The van der Waals surface area contributed by atoms with Gasteiger partial charge >= 0.3 is 0 Å². The van der Waals surface area contributed by atoms with Gasteiger partial charge in [0.2, 0.25) is 0 Å². The second-order valence-corrected chi connectivity index (χ2v) is 8.40. The van der Waals surface area contributed by atoms with E-state index in [4.69, 9.17) is 0 Å². The maximum atomic E-state index is 13.0. The molecule has 3 aromatic rings. The van der Waals surface area contributed by atoms with E-state index in [0.717, 1.165) is 43.5 Å². The molecule has 1 amide bonds. The summed E-state index contributed by atoms with van der Waals surface area (Å²) in [6.45, 7) is 4.83. The van der Waals surface area contributed by atoms with Crippen molar-refractivity contribution < 1.29 is 4.79 Å². The van der Waals surface area contributed by atoms with Crippen LogP contribution in [0.5, 0.6) is 0 Å². The highest BCUT2D eigenvalue weighted by atomic mass is 32.1. The summed E-state index contributed by atoms with van der Waals surface area (Å²) < 4.78 is 4.18. The number of aromatic nitrogens is 2. The minimum atomic E-state index is 0.0633. The minimum absolute atomic E-state index is 0.0633. The first kappa shape index (κ1) is 15.9. The standard InChI is InChI=1S/C20H20N4OS/c25-19(18-17-4-2-1-3-15(17)5-8-21-18)24-13-20(14-24)7-10-23(12-20)11-16-6-9-22-26-16/h1-6,8-9H,7,10-14H2. The van der Waals surface area contributed by atoms with Gasteiger partial charge in [-0.3, -0.25) is 14.7 Å². The molecule has 0 saturated carbocycles. The van der Waals surface area contributed by atoms with Crippen LogP contribution in [-0.2, 0) is 6.54 Å². The quantitative estimate of drug-likeness (QED) is 0.717. The van der Waals surface area contributed by atoms with Gasteiger partial charge in [0.25, 0.3) is 5.91 Å². The van der Waals surface area contributed by atoms with Gasteiger partial charge in [-0.15, -0.1) is 0 Å².